The molecule has 0 amide bonds. The molecule has 0 unspecified atom stereocenters. The second-order valence-electron chi connectivity index (χ2n) is 4.75. The lowest BCUT2D eigenvalue weighted by Crippen LogP contribution is -2.18. The maximum absolute atomic E-state index is 11.5. The second-order valence-corrected chi connectivity index (χ2v) is 4.75. The predicted molar refractivity (Wildman–Crippen MR) is 85.5 cm³/mol. The molecule has 1 N–H and O–H groups in total. The number of hydrogen-bond donors (Lipinski definition) is 1. The number of hydroxylamine groups is 1. The van der Waals surface area contributed by atoms with E-state index in [9.17, 15) is 4.79 Å². The number of carbonyl (C=O) groups excluding carboxylic acids is 1. The van der Waals surface area contributed by atoms with E-state index in [1.54, 1.807) is 6.08 Å². The van der Waals surface area contributed by atoms with Crippen LogP contribution in [0.4, 0.5) is 0 Å². The molecule has 21 heavy (non-hydrogen) atoms. The standard InChI is InChI=1S/C18H19NO2/c1-3-14(2)11-12-18(20)21-19-13-16-9-6-8-15-7-4-5-10-17(15)16/h3-12,19H,13H2,1-2H3/q+1/b12-11+,14-3+. The van der Waals surface area contributed by atoms with Gasteiger partial charge in [0.15, 0.2) is 0 Å². The van der Waals surface area contributed by atoms with Gasteiger partial charge in [-0.25, -0.2) is 0 Å². The number of fused-ring (bicyclic) bond motifs is 1. The largest absolute Gasteiger partial charge is 0.623 e. The summed E-state index contributed by atoms with van der Waals surface area (Å²) in [6.07, 6.45) is 5.06. The van der Waals surface area contributed by atoms with Gasteiger partial charge in [0.2, 0.25) is 0 Å². The normalized spacial score (nSPS) is 12.0. The van der Waals surface area contributed by atoms with Gasteiger partial charge in [0.1, 0.15) is 0 Å². The first-order valence-corrected chi connectivity index (χ1v) is 6.92. The highest BCUT2D eigenvalue weighted by molar-refractivity contribution is 5.85. The van der Waals surface area contributed by atoms with Gasteiger partial charge in [-0.15, -0.1) is 0 Å². The smallest absolute Gasteiger partial charge is 0.195 e. The molecular formula is C18H19NO2+. The second kappa shape index (κ2) is 7.41. The van der Waals surface area contributed by atoms with E-state index in [4.69, 9.17) is 4.84 Å². The highest BCUT2D eigenvalue weighted by Crippen LogP contribution is 2.18. The van der Waals surface area contributed by atoms with Crippen LogP contribution in [0.25, 0.3) is 10.8 Å². The van der Waals surface area contributed by atoms with E-state index in [0.717, 1.165) is 16.5 Å². The summed E-state index contributed by atoms with van der Waals surface area (Å²) in [5, 5.41) is 2.33. The minimum Gasteiger partial charge on any atom is -0.195 e. The molecule has 0 aliphatic rings. The number of nitrogens with one attached hydrogen (secondary N) is 1. The Balaban J connectivity index is 1.94. The van der Waals surface area contributed by atoms with Gasteiger partial charge in [-0.05, 0) is 41.7 Å². The zero-order valence-electron chi connectivity index (χ0n) is 12.3. The van der Waals surface area contributed by atoms with Crippen LogP contribution in [0.5, 0.6) is 0 Å². The Bertz CT molecular complexity index is 681. The minimum atomic E-state index is -0.406. The van der Waals surface area contributed by atoms with Crippen LogP contribution in [-0.2, 0) is 16.2 Å². The Hall–Kier alpha value is -2.39. The number of allylic oxidation sites excluding steroid dienone is 3. The third-order valence-electron chi connectivity index (χ3n) is 3.25. The van der Waals surface area contributed by atoms with Gasteiger partial charge in [0, 0.05) is 0 Å². The third kappa shape index (κ3) is 4.29. The summed E-state index contributed by atoms with van der Waals surface area (Å²) in [7, 11) is 0. The van der Waals surface area contributed by atoms with Gasteiger partial charge < -0.3 is 0 Å². The number of hydrogen-bond acceptors (Lipinski definition) is 3. The first-order valence-electron chi connectivity index (χ1n) is 6.92. The molecule has 3 nitrogen and oxygen atoms in total. The molecule has 2 aromatic carbocycles. The number of carbonyl (C=O) groups is 1. The molecule has 3 heteroatoms. The molecule has 0 bridgehead atoms. The molecule has 0 spiro atoms. The average molecular weight is 281 g/mol. The fraction of sp³-hybridized carbons (Fsp3) is 0.167. The Morgan fingerprint density at radius 1 is 1.14 bits per heavy atom. The predicted octanol–water partition coefficient (Wildman–Crippen LogP) is 3.91. The molecular weight excluding hydrogens is 262 g/mol. The Kier molecular flexibility index (Phi) is 5.29. The molecule has 2 rings (SSSR count). The van der Waals surface area contributed by atoms with Crippen molar-refractivity contribution in [2.45, 2.75) is 20.4 Å². The highest BCUT2D eigenvalue weighted by atomic mass is 16.7. The molecule has 1 radical (unpaired) electrons. The van der Waals surface area contributed by atoms with Gasteiger partial charge in [-0.2, -0.15) is 4.84 Å². The van der Waals surface area contributed by atoms with Crippen LogP contribution in [-0.4, -0.2) is 5.97 Å². The Morgan fingerprint density at radius 2 is 1.90 bits per heavy atom. The first kappa shape index (κ1) is 15.0. The maximum Gasteiger partial charge on any atom is 0.623 e. The van der Waals surface area contributed by atoms with Crippen LogP contribution in [0.1, 0.15) is 19.4 Å². The summed E-state index contributed by atoms with van der Waals surface area (Å²) < 4.78 is 0. The number of benzene rings is 2. The van der Waals surface area contributed by atoms with Crippen LogP contribution in [0.15, 0.2) is 66.3 Å². The monoisotopic (exact) mass is 281 g/mol. The van der Waals surface area contributed by atoms with Gasteiger partial charge in [0.25, 0.3) is 0 Å². The molecule has 107 valence electrons. The molecule has 2 aromatic rings. The third-order valence-corrected chi connectivity index (χ3v) is 3.25. The molecule has 0 saturated heterocycles. The van der Waals surface area contributed by atoms with Crippen molar-refractivity contribution >= 4 is 16.7 Å². The molecule has 0 heterocycles. The van der Waals surface area contributed by atoms with Crippen molar-refractivity contribution in [1.29, 1.82) is 0 Å². The lowest BCUT2D eigenvalue weighted by molar-refractivity contribution is -0.145. The molecule has 0 aromatic heterocycles. The van der Waals surface area contributed by atoms with E-state index < -0.39 is 5.97 Å². The highest BCUT2D eigenvalue weighted by Gasteiger charge is 2.12. The van der Waals surface area contributed by atoms with E-state index in [0.29, 0.717) is 6.54 Å². The minimum absolute atomic E-state index is 0.406. The number of rotatable bonds is 5. The average Bonchev–Trinajstić information content (AvgIpc) is 2.52. The molecule has 0 aliphatic heterocycles. The van der Waals surface area contributed by atoms with E-state index in [1.807, 2.05) is 44.2 Å². The lowest BCUT2D eigenvalue weighted by Gasteiger charge is -2.03. The maximum atomic E-state index is 11.5. The fourth-order valence-electron chi connectivity index (χ4n) is 1.96. The molecule has 0 aliphatic carbocycles. The summed E-state index contributed by atoms with van der Waals surface area (Å²) in [6, 6.07) is 14.2. The molecule has 0 saturated carbocycles. The fourth-order valence-corrected chi connectivity index (χ4v) is 1.96. The van der Waals surface area contributed by atoms with Crippen LogP contribution in [0.2, 0.25) is 0 Å². The zero-order chi connectivity index (χ0) is 15.1. The van der Waals surface area contributed by atoms with Gasteiger partial charge in [-0.1, -0.05) is 54.1 Å². The summed E-state index contributed by atoms with van der Waals surface area (Å²) >= 11 is 0. The van der Waals surface area contributed by atoms with Crippen LogP contribution >= 0.6 is 0 Å². The van der Waals surface area contributed by atoms with Crippen molar-refractivity contribution in [2.24, 2.45) is 0 Å². The van der Waals surface area contributed by atoms with Crippen molar-refractivity contribution in [3.63, 3.8) is 0 Å². The van der Waals surface area contributed by atoms with Gasteiger partial charge in [0.05, 0.1) is 17.4 Å². The summed E-state index contributed by atoms with van der Waals surface area (Å²) in [4.78, 5) is 16.5. The van der Waals surface area contributed by atoms with Crippen molar-refractivity contribution in [1.82, 2.24) is 5.48 Å². The zero-order valence-corrected chi connectivity index (χ0v) is 12.3. The van der Waals surface area contributed by atoms with E-state index in [2.05, 4.69) is 23.7 Å². The van der Waals surface area contributed by atoms with Crippen molar-refractivity contribution in [3.8, 4) is 0 Å². The van der Waals surface area contributed by atoms with Gasteiger partial charge >= 0.3 is 5.97 Å². The summed E-state index contributed by atoms with van der Waals surface area (Å²) in [6.45, 7) is 4.32. The SMILES string of the molecule is C/C=C(C)/C=C/C(=[O+])ONCc1cccc2ccccc12. The quantitative estimate of drug-likeness (QED) is 0.391. The van der Waals surface area contributed by atoms with E-state index in [-0.39, 0.29) is 0 Å². The topological polar surface area (TPSA) is 41.2 Å². The van der Waals surface area contributed by atoms with Crippen LogP contribution < -0.4 is 5.48 Å². The van der Waals surface area contributed by atoms with Crippen molar-refractivity contribution < 1.29 is 9.63 Å². The van der Waals surface area contributed by atoms with Gasteiger partial charge in [-0.3, -0.25) is 0 Å². The lowest BCUT2D eigenvalue weighted by atomic mass is 10.1. The van der Waals surface area contributed by atoms with Crippen molar-refractivity contribution in [3.05, 3.63) is 71.8 Å². The summed E-state index contributed by atoms with van der Waals surface area (Å²) in [5.74, 6) is -0.406. The van der Waals surface area contributed by atoms with E-state index >= 15 is 0 Å². The Morgan fingerprint density at radius 3 is 2.71 bits per heavy atom. The van der Waals surface area contributed by atoms with Crippen molar-refractivity contribution in [2.75, 3.05) is 0 Å². The van der Waals surface area contributed by atoms with Crippen LogP contribution in [0, 0.1) is 0 Å². The Labute approximate surface area is 124 Å². The first-order chi connectivity index (χ1) is 10.2. The summed E-state index contributed by atoms with van der Waals surface area (Å²) in [5.41, 5.74) is 4.82. The van der Waals surface area contributed by atoms with Crippen LogP contribution in [0.3, 0.4) is 0 Å². The molecule has 0 fully saturated rings. The van der Waals surface area contributed by atoms with E-state index in [1.165, 1.54) is 11.5 Å². The molecule has 0 atom stereocenters.